The summed E-state index contributed by atoms with van der Waals surface area (Å²) in [6.07, 6.45) is 9.25. The van der Waals surface area contributed by atoms with E-state index < -0.39 is 0 Å². The third kappa shape index (κ3) is 3.71. The summed E-state index contributed by atoms with van der Waals surface area (Å²) in [6, 6.07) is 12.0. The monoisotopic (exact) mass is 413 g/mol. The first kappa shape index (κ1) is 19.5. The normalized spacial score (nSPS) is 14.5. The molecule has 158 valence electrons. The van der Waals surface area contributed by atoms with Gasteiger partial charge in [-0.15, -0.1) is 0 Å². The lowest BCUT2D eigenvalue weighted by atomic mass is 9.99. The van der Waals surface area contributed by atoms with Crippen molar-refractivity contribution >= 4 is 22.5 Å². The quantitative estimate of drug-likeness (QED) is 0.499. The van der Waals surface area contributed by atoms with Crippen LogP contribution in [0.5, 0.6) is 0 Å². The highest BCUT2D eigenvalue weighted by Gasteiger charge is 2.20. The van der Waals surface area contributed by atoms with Gasteiger partial charge in [0.1, 0.15) is 11.6 Å². The van der Waals surface area contributed by atoms with Gasteiger partial charge in [-0.05, 0) is 49.4 Å². The van der Waals surface area contributed by atoms with E-state index in [1.807, 2.05) is 37.3 Å². The lowest BCUT2D eigenvalue weighted by Crippen LogP contribution is -2.10. The van der Waals surface area contributed by atoms with Crippen LogP contribution >= 0.6 is 0 Å². The number of anilines is 2. The minimum absolute atomic E-state index is 0.334. The Morgan fingerprint density at radius 2 is 1.77 bits per heavy atom. The van der Waals surface area contributed by atoms with Crippen LogP contribution < -0.4 is 11.5 Å². The zero-order valence-corrected chi connectivity index (χ0v) is 17.8. The van der Waals surface area contributed by atoms with E-state index in [4.69, 9.17) is 16.6 Å². The average molecular weight is 414 g/mol. The number of benzene rings is 1. The zero-order chi connectivity index (χ0) is 21.4. The Kier molecular flexibility index (Phi) is 5.02. The van der Waals surface area contributed by atoms with Crippen LogP contribution in [-0.4, -0.2) is 24.7 Å². The van der Waals surface area contributed by atoms with Crippen molar-refractivity contribution in [3.05, 3.63) is 54.0 Å². The van der Waals surface area contributed by atoms with Crippen LogP contribution in [0.4, 0.5) is 11.6 Å². The standard InChI is InChI=1S/C24H27N7/c1-15-14-17(12-13-27-15)21-22(25)28-24(29-23(21)26)31-20-9-5-4-8-18(20)19(30-31)11-10-16-6-2-3-7-16/h4-5,8-9,12-14,16H,2-3,6-7,10-11H2,1H3,(H4,25,26,28,29). The maximum absolute atomic E-state index is 6.34. The van der Waals surface area contributed by atoms with Crippen LogP contribution in [-0.2, 0) is 6.42 Å². The molecule has 0 aliphatic heterocycles. The van der Waals surface area contributed by atoms with Crippen LogP contribution in [0.1, 0.15) is 43.5 Å². The van der Waals surface area contributed by atoms with Gasteiger partial charge in [0.25, 0.3) is 5.95 Å². The molecule has 1 aliphatic rings. The number of aromatic nitrogens is 5. The van der Waals surface area contributed by atoms with E-state index in [0.717, 1.165) is 40.2 Å². The number of nitrogens with zero attached hydrogens (tertiary/aromatic N) is 5. The second-order valence-corrected chi connectivity index (χ2v) is 8.42. The average Bonchev–Trinajstić information content (AvgIpc) is 3.40. The summed E-state index contributed by atoms with van der Waals surface area (Å²) in [4.78, 5) is 13.4. The fourth-order valence-electron chi connectivity index (χ4n) is 4.68. The van der Waals surface area contributed by atoms with Gasteiger partial charge < -0.3 is 11.5 Å². The van der Waals surface area contributed by atoms with Gasteiger partial charge in [0.05, 0.1) is 16.8 Å². The van der Waals surface area contributed by atoms with Crippen molar-refractivity contribution in [1.29, 1.82) is 0 Å². The van der Waals surface area contributed by atoms with Crippen LogP contribution in [0.3, 0.4) is 0 Å². The second kappa shape index (κ2) is 7.98. The number of pyridine rings is 1. The Morgan fingerprint density at radius 1 is 1.03 bits per heavy atom. The van der Waals surface area contributed by atoms with Crippen molar-refractivity contribution in [2.45, 2.75) is 45.4 Å². The smallest absolute Gasteiger partial charge is 0.255 e. The SMILES string of the molecule is Cc1cc(-c2c(N)nc(-n3nc(CCC4CCCC4)c4ccccc43)nc2N)ccn1. The molecule has 1 aromatic carbocycles. The third-order valence-corrected chi connectivity index (χ3v) is 6.26. The van der Waals surface area contributed by atoms with Crippen molar-refractivity contribution in [2.75, 3.05) is 11.5 Å². The summed E-state index contributed by atoms with van der Waals surface area (Å²) in [6.45, 7) is 1.92. The Bertz CT molecular complexity index is 1210. The van der Waals surface area contributed by atoms with Gasteiger partial charge in [0, 0.05) is 17.3 Å². The molecule has 0 saturated heterocycles. The molecule has 5 rings (SSSR count). The number of aryl methyl sites for hydroxylation is 2. The molecule has 0 radical (unpaired) electrons. The Hall–Kier alpha value is -3.48. The first-order valence-corrected chi connectivity index (χ1v) is 10.9. The van der Waals surface area contributed by atoms with E-state index in [9.17, 15) is 0 Å². The van der Waals surface area contributed by atoms with Gasteiger partial charge in [-0.25, -0.2) is 0 Å². The maximum Gasteiger partial charge on any atom is 0.255 e. The molecule has 0 amide bonds. The number of nitrogen functional groups attached to an aromatic ring is 2. The van der Waals surface area contributed by atoms with Crippen molar-refractivity contribution in [3.63, 3.8) is 0 Å². The Morgan fingerprint density at radius 3 is 2.52 bits per heavy atom. The van der Waals surface area contributed by atoms with Gasteiger partial charge in [0.2, 0.25) is 0 Å². The van der Waals surface area contributed by atoms with E-state index in [1.165, 1.54) is 32.1 Å². The first-order valence-electron chi connectivity index (χ1n) is 10.9. The minimum atomic E-state index is 0.334. The van der Waals surface area contributed by atoms with Crippen LogP contribution in [0.15, 0.2) is 42.6 Å². The summed E-state index contributed by atoms with van der Waals surface area (Å²) >= 11 is 0. The van der Waals surface area contributed by atoms with E-state index >= 15 is 0 Å². The molecule has 31 heavy (non-hydrogen) atoms. The first-order chi connectivity index (χ1) is 15.1. The molecule has 0 atom stereocenters. The molecule has 4 aromatic rings. The van der Waals surface area contributed by atoms with Crippen molar-refractivity contribution < 1.29 is 0 Å². The molecule has 0 spiro atoms. The molecule has 1 fully saturated rings. The van der Waals surface area contributed by atoms with E-state index in [-0.39, 0.29) is 0 Å². The minimum Gasteiger partial charge on any atom is -0.383 e. The highest BCUT2D eigenvalue weighted by molar-refractivity contribution is 5.85. The Balaban J connectivity index is 1.54. The molecule has 0 bridgehead atoms. The summed E-state index contributed by atoms with van der Waals surface area (Å²) < 4.78 is 1.77. The molecule has 3 aromatic heterocycles. The number of hydrogen-bond acceptors (Lipinski definition) is 6. The van der Waals surface area contributed by atoms with Gasteiger partial charge in [-0.2, -0.15) is 19.7 Å². The zero-order valence-electron chi connectivity index (χ0n) is 17.8. The summed E-state index contributed by atoms with van der Waals surface area (Å²) in [5, 5.41) is 6.02. The molecule has 7 nitrogen and oxygen atoms in total. The number of nitrogens with two attached hydrogens (primary N) is 2. The van der Waals surface area contributed by atoms with Gasteiger partial charge in [-0.1, -0.05) is 43.9 Å². The maximum atomic E-state index is 6.34. The Labute approximate surface area is 181 Å². The largest absolute Gasteiger partial charge is 0.383 e. The van der Waals surface area contributed by atoms with Crippen LogP contribution in [0.2, 0.25) is 0 Å². The number of hydrogen-bond donors (Lipinski definition) is 2. The molecular formula is C24H27N7. The molecule has 7 heteroatoms. The van der Waals surface area contributed by atoms with E-state index in [2.05, 4.69) is 21.0 Å². The van der Waals surface area contributed by atoms with E-state index in [1.54, 1.807) is 10.9 Å². The van der Waals surface area contributed by atoms with Gasteiger partial charge >= 0.3 is 0 Å². The topological polar surface area (TPSA) is 109 Å². The van der Waals surface area contributed by atoms with Crippen molar-refractivity contribution in [2.24, 2.45) is 5.92 Å². The highest BCUT2D eigenvalue weighted by atomic mass is 15.4. The third-order valence-electron chi connectivity index (χ3n) is 6.26. The van der Waals surface area contributed by atoms with E-state index in [0.29, 0.717) is 23.1 Å². The second-order valence-electron chi connectivity index (χ2n) is 8.42. The summed E-state index contributed by atoms with van der Waals surface area (Å²) in [7, 11) is 0. The fraction of sp³-hybridized carbons (Fsp3) is 0.333. The van der Waals surface area contributed by atoms with Crippen LogP contribution in [0, 0.1) is 12.8 Å². The molecule has 1 saturated carbocycles. The van der Waals surface area contributed by atoms with Gasteiger partial charge in [-0.3, -0.25) is 4.98 Å². The number of fused-ring (bicyclic) bond motifs is 1. The molecule has 0 unspecified atom stereocenters. The predicted molar refractivity (Wildman–Crippen MR) is 124 cm³/mol. The molecule has 3 heterocycles. The molecule has 1 aliphatic carbocycles. The fourth-order valence-corrected chi connectivity index (χ4v) is 4.68. The predicted octanol–water partition coefficient (Wildman–Crippen LogP) is 4.47. The van der Waals surface area contributed by atoms with Gasteiger partial charge in [0.15, 0.2) is 0 Å². The summed E-state index contributed by atoms with van der Waals surface area (Å²) in [5.74, 6) is 1.88. The van der Waals surface area contributed by atoms with Crippen molar-refractivity contribution in [3.8, 4) is 17.1 Å². The molecule has 4 N–H and O–H groups in total. The lowest BCUT2D eigenvalue weighted by molar-refractivity contribution is 0.500. The highest BCUT2D eigenvalue weighted by Crippen LogP contribution is 2.32. The number of para-hydroxylation sites is 1. The van der Waals surface area contributed by atoms with Crippen molar-refractivity contribution in [1.82, 2.24) is 24.7 Å². The van der Waals surface area contributed by atoms with Crippen LogP contribution in [0.25, 0.3) is 28.0 Å². The molecular weight excluding hydrogens is 386 g/mol. The number of rotatable bonds is 5. The summed E-state index contributed by atoms with van der Waals surface area (Å²) in [5.41, 5.74) is 17.1. The lowest BCUT2D eigenvalue weighted by Gasteiger charge is -2.11.